The van der Waals surface area contributed by atoms with Crippen LogP contribution in [0, 0.1) is 6.92 Å². The number of aryl methyl sites for hydroxylation is 1. The van der Waals surface area contributed by atoms with Crippen molar-refractivity contribution < 1.29 is 9.53 Å². The maximum absolute atomic E-state index is 11.8. The Morgan fingerprint density at radius 1 is 1.19 bits per heavy atom. The molecule has 1 amide bonds. The highest BCUT2D eigenvalue weighted by Gasteiger charge is 2.23. The van der Waals surface area contributed by atoms with E-state index >= 15 is 0 Å². The van der Waals surface area contributed by atoms with Crippen LogP contribution in [0.5, 0.6) is 0 Å². The summed E-state index contributed by atoms with van der Waals surface area (Å²) < 4.78 is 5.06. The second-order valence-electron chi connectivity index (χ2n) is 6.41. The normalized spacial score (nSPS) is 15.9. The number of piperazine rings is 1. The minimum Gasteiger partial charge on any atom is -0.450 e. The zero-order chi connectivity index (χ0) is 18.2. The molecule has 26 heavy (non-hydrogen) atoms. The fourth-order valence-corrected chi connectivity index (χ4v) is 2.91. The average molecular weight is 474 g/mol. The summed E-state index contributed by atoms with van der Waals surface area (Å²) >= 11 is 0. The van der Waals surface area contributed by atoms with E-state index in [-0.39, 0.29) is 30.1 Å². The van der Waals surface area contributed by atoms with Gasteiger partial charge < -0.3 is 19.9 Å². The van der Waals surface area contributed by atoms with Crippen molar-refractivity contribution in [3.8, 4) is 0 Å². The van der Waals surface area contributed by atoms with E-state index in [0.717, 1.165) is 25.6 Å². The molecule has 7 heteroatoms. The SMILES string of the molecule is CCOC(=O)N1CCN(C(=NC)NCC(C)c2ccc(C)cc2)CC1.I. The van der Waals surface area contributed by atoms with Crippen LogP contribution in [-0.4, -0.2) is 68.2 Å². The standard InChI is InChI=1S/C19H30N4O2.HI/c1-5-25-19(24)23-12-10-22(11-13-23)18(20-4)21-14-16(3)17-8-6-15(2)7-9-17;/h6-9,16H,5,10-14H2,1-4H3,(H,20,21);1H. The second kappa shape index (κ2) is 11.3. The van der Waals surface area contributed by atoms with Gasteiger partial charge in [0, 0.05) is 39.8 Å². The van der Waals surface area contributed by atoms with Crippen LogP contribution in [0.25, 0.3) is 0 Å². The Morgan fingerprint density at radius 3 is 2.31 bits per heavy atom. The molecule has 2 rings (SSSR count). The van der Waals surface area contributed by atoms with Crippen LogP contribution in [0.3, 0.4) is 0 Å². The Labute approximate surface area is 174 Å². The minimum atomic E-state index is -0.224. The van der Waals surface area contributed by atoms with Gasteiger partial charge in [-0.2, -0.15) is 0 Å². The number of carbonyl (C=O) groups excluding carboxylic acids is 1. The van der Waals surface area contributed by atoms with Gasteiger partial charge in [0.05, 0.1) is 6.61 Å². The number of nitrogens with one attached hydrogen (secondary N) is 1. The molecule has 0 bridgehead atoms. The Bertz CT molecular complexity index is 584. The van der Waals surface area contributed by atoms with E-state index < -0.39 is 0 Å². The number of carbonyl (C=O) groups is 1. The Morgan fingerprint density at radius 2 is 1.77 bits per heavy atom. The first-order valence-corrected chi connectivity index (χ1v) is 8.99. The number of guanidine groups is 1. The van der Waals surface area contributed by atoms with Crippen molar-refractivity contribution in [3.05, 3.63) is 35.4 Å². The summed E-state index contributed by atoms with van der Waals surface area (Å²) in [5, 5.41) is 3.46. The third kappa shape index (κ3) is 6.34. The maximum Gasteiger partial charge on any atom is 0.409 e. The van der Waals surface area contributed by atoms with Crippen molar-refractivity contribution in [2.24, 2.45) is 4.99 Å². The van der Waals surface area contributed by atoms with Crippen LogP contribution in [0.2, 0.25) is 0 Å². The summed E-state index contributed by atoms with van der Waals surface area (Å²) in [6.45, 7) is 10.2. The summed E-state index contributed by atoms with van der Waals surface area (Å²) in [6.07, 6.45) is -0.224. The van der Waals surface area contributed by atoms with E-state index in [1.54, 1.807) is 11.9 Å². The monoisotopic (exact) mass is 474 g/mol. The molecule has 0 aliphatic carbocycles. The summed E-state index contributed by atoms with van der Waals surface area (Å²) in [5.74, 6) is 1.29. The molecular weight excluding hydrogens is 443 g/mol. The van der Waals surface area contributed by atoms with E-state index in [0.29, 0.717) is 25.6 Å². The van der Waals surface area contributed by atoms with Gasteiger partial charge in [0.2, 0.25) is 0 Å². The predicted octanol–water partition coefficient (Wildman–Crippen LogP) is 3.07. The smallest absolute Gasteiger partial charge is 0.409 e. The molecule has 1 aliphatic heterocycles. The van der Waals surface area contributed by atoms with Crippen molar-refractivity contribution in [2.45, 2.75) is 26.7 Å². The topological polar surface area (TPSA) is 57.2 Å². The molecule has 1 fully saturated rings. The lowest BCUT2D eigenvalue weighted by Crippen LogP contribution is -2.54. The van der Waals surface area contributed by atoms with Crippen molar-refractivity contribution in [2.75, 3.05) is 46.4 Å². The van der Waals surface area contributed by atoms with Crippen molar-refractivity contribution in [1.29, 1.82) is 0 Å². The third-order valence-electron chi connectivity index (χ3n) is 4.53. The van der Waals surface area contributed by atoms with Crippen molar-refractivity contribution in [1.82, 2.24) is 15.1 Å². The van der Waals surface area contributed by atoms with Crippen LogP contribution in [0.4, 0.5) is 4.79 Å². The van der Waals surface area contributed by atoms with Gasteiger partial charge in [-0.15, -0.1) is 24.0 Å². The number of hydrogen-bond donors (Lipinski definition) is 1. The second-order valence-corrected chi connectivity index (χ2v) is 6.41. The molecule has 0 aromatic heterocycles. The zero-order valence-corrected chi connectivity index (χ0v) is 18.5. The molecule has 1 aliphatic rings. The number of amides is 1. The summed E-state index contributed by atoms with van der Waals surface area (Å²) in [6, 6.07) is 8.66. The first kappa shape index (κ1) is 22.5. The number of ether oxygens (including phenoxy) is 1. The lowest BCUT2D eigenvalue weighted by molar-refractivity contribution is 0.0914. The van der Waals surface area contributed by atoms with Crippen LogP contribution >= 0.6 is 24.0 Å². The minimum absolute atomic E-state index is 0. The number of halogens is 1. The van der Waals surface area contributed by atoms with E-state index in [1.165, 1.54) is 11.1 Å². The fourth-order valence-electron chi connectivity index (χ4n) is 2.91. The van der Waals surface area contributed by atoms with Crippen LogP contribution in [-0.2, 0) is 4.74 Å². The molecule has 1 unspecified atom stereocenters. The van der Waals surface area contributed by atoms with E-state index in [2.05, 4.69) is 53.3 Å². The molecule has 1 N–H and O–H groups in total. The Hall–Kier alpha value is -1.51. The Kier molecular flexibility index (Phi) is 9.75. The molecule has 1 aromatic rings. The van der Waals surface area contributed by atoms with E-state index in [1.807, 2.05) is 6.92 Å². The molecule has 0 spiro atoms. The molecule has 0 saturated carbocycles. The van der Waals surface area contributed by atoms with Crippen LogP contribution in [0.1, 0.15) is 30.9 Å². The van der Waals surface area contributed by atoms with Gasteiger partial charge >= 0.3 is 6.09 Å². The fraction of sp³-hybridized carbons (Fsp3) is 0.579. The predicted molar refractivity (Wildman–Crippen MR) is 117 cm³/mol. The van der Waals surface area contributed by atoms with E-state index in [4.69, 9.17) is 4.74 Å². The molecule has 146 valence electrons. The molecule has 1 heterocycles. The van der Waals surface area contributed by atoms with Gasteiger partial charge in [-0.05, 0) is 25.3 Å². The zero-order valence-electron chi connectivity index (χ0n) is 16.2. The van der Waals surface area contributed by atoms with Crippen LogP contribution < -0.4 is 5.32 Å². The van der Waals surface area contributed by atoms with E-state index in [9.17, 15) is 4.79 Å². The molecule has 1 saturated heterocycles. The van der Waals surface area contributed by atoms with Gasteiger partial charge in [-0.25, -0.2) is 4.79 Å². The number of aliphatic imine (C=N–C) groups is 1. The number of hydrogen-bond acceptors (Lipinski definition) is 3. The lowest BCUT2D eigenvalue weighted by atomic mass is 10.0. The summed E-state index contributed by atoms with van der Waals surface area (Å²) in [4.78, 5) is 20.1. The van der Waals surface area contributed by atoms with Crippen molar-refractivity contribution >= 4 is 36.0 Å². The van der Waals surface area contributed by atoms with Crippen molar-refractivity contribution in [3.63, 3.8) is 0 Å². The highest BCUT2D eigenvalue weighted by atomic mass is 127. The number of nitrogens with zero attached hydrogens (tertiary/aromatic N) is 3. The summed E-state index contributed by atoms with van der Waals surface area (Å²) in [7, 11) is 1.80. The van der Waals surface area contributed by atoms with Gasteiger partial charge in [-0.3, -0.25) is 4.99 Å². The Balaban J connectivity index is 0.00000338. The maximum atomic E-state index is 11.8. The van der Waals surface area contributed by atoms with Gasteiger partial charge in [0.25, 0.3) is 0 Å². The highest BCUT2D eigenvalue weighted by Crippen LogP contribution is 2.15. The first-order valence-electron chi connectivity index (χ1n) is 8.99. The number of benzene rings is 1. The third-order valence-corrected chi connectivity index (χ3v) is 4.53. The van der Waals surface area contributed by atoms with Gasteiger partial charge in [0.1, 0.15) is 0 Å². The molecule has 1 atom stereocenters. The quantitative estimate of drug-likeness (QED) is 0.414. The average Bonchev–Trinajstić information content (AvgIpc) is 2.63. The molecule has 6 nitrogen and oxygen atoms in total. The highest BCUT2D eigenvalue weighted by molar-refractivity contribution is 14.0. The van der Waals surface area contributed by atoms with Crippen LogP contribution in [0.15, 0.2) is 29.3 Å². The summed E-state index contributed by atoms with van der Waals surface area (Å²) in [5.41, 5.74) is 2.60. The van der Waals surface area contributed by atoms with Gasteiger partial charge in [0.15, 0.2) is 5.96 Å². The molecular formula is C19H31IN4O2. The first-order chi connectivity index (χ1) is 12.0. The van der Waals surface area contributed by atoms with Gasteiger partial charge in [-0.1, -0.05) is 36.8 Å². The number of rotatable bonds is 4. The lowest BCUT2D eigenvalue weighted by Gasteiger charge is -2.36. The largest absolute Gasteiger partial charge is 0.450 e. The molecule has 1 aromatic carbocycles. The molecule has 0 radical (unpaired) electrons.